The predicted molar refractivity (Wildman–Crippen MR) is 283 cm³/mol. The fraction of sp³-hybridized carbons (Fsp3) is 0.391. The second kappa shape index (κ2) is 24.8. The third kappa shape index (κ3) is 13.2. The number of fused-ring (bicyclic) bond motifs is 6. The fourth-order valence-corrected chi connectivity index (χ4v) is 10.9. The van der Waals surface area contributed by atoms with Gasteiger partial charge in [-0.1, -0.05) is 21.6 Å². The minimum absolute atomic E-state index is 0.00813. The molecule has 0 unspecified atom stereocenters. The molecule has 2 aromatic carbocycles. The summed E-state index contributed by atoms with van der Waals surface area (Å²) in [5.74, 6) is -8.77. The summed E-state index contributed by atoms with van der Waals surface area (Å²) in [6.45, 7) is 1.74. The van der Waals surface area contributed by atoms with Crippen molar-refractivity contribution in [3.63, 3.8) is 0 Å². The number of aromatic hydroxyl groups is 2. The number of aliphatic carboxylic acids is 3. The number of phenols is 2. The summed E-state index contributed by atoms with van der Waals surface area (Å²) in [5, 5.41) is 70.6. The second-order valence-corrected chi connectivity index (χ2v) is 20.6. The van der Waals surface area contributed by atoms with Crippen molar-refractivity contribution in [1.82, 2.24) is 46.5 Å². The molecule has 79 heavy (non-hydrogen) atoms. The number of H-pyrrole nitrogens is 1. The van der Waals surface area contributed by atoms with Crippen LogP contribution in [0.25, 0.3) is 16.7 Å². The lowest BCUT2D eigenvalue weighted by molar-refractivity contribution is -0.143. The molecule has 2 aromatic heterocycles. The number of carboxylic acids is 3. The van der Waals surface area contributed by atoms with Crippen LogP contribution in [0.2, 0.25) is 0 Å². The number of anilines is 4. The van der Waals surface area contributed by atoms with Crippen molar-refractivity contribution in [3.05, 3.63) is 69.5 Å². The molecule has 2 fully saturated rings. The number of hydrogen-bond acceptors (Lipinski definition) is 24. The first-order valence-corrected chi connectivity index (χ1v) is 26.3. The van der Waals surface area contributed by atoms with Crippen molar-refractivity contribution in [2.24, 2.45) is 11.5 Å². The molecule has 3 aliphatic heterocycles. The molecule has 422 valence electrons. The molecule has 5 amide bonds. The molecular formula is C46H55N15O16S2. The number of phenolic OH excluding ortho intramolecular Hbond substituents is 2. The van der Waals surface area contributed by atoms with Crippen LogP contribution < -0.4 is 64.9 Å². The quantitative estimate of drug-likeness (QED) is 0.00767. The highest BCUT2D eigenvalue weighted by molar-refractivity contribution is 8.76. The molecule has 0 radical (unpaired) electrons. The van der Waals surface area contributed by atoms with Gasteiger partial charge in [0.2, 0.25) is 23.7 Å². The second-order valence-electron chi connectivity index (χ2n) is 18.0. The summed E-state index contributed by atoms with van der Waals surface area (Å²) in [6, 6.07) is -0.804. The predicted octanol–water partition coefficient (Wildman–Crippen LogP) is -1.99. The molecule has 5 heterocycles. The van der Waals surface area contributed by atoms with Crippen molar-refractivity contribution in [1.29, 1.82) is 0 Å². The third-order valence-electron chi connectivity index (χ3n) is 12.7. The molecule has 33 heteroatoms. The Morgan fingerprint density at radius 3 is 2.33 bits per heavy atom. The molecule has 0 saturated carbocycles. The lowest BCUT2D eigenvalue weighted by Crippen LogP contribution is -2.57. The average Bonchev–Trinajstić information content (AvgIpc) is 3.85. The number of nitrogens with two attached hydrogens (primary N) is 3. The van der Waals surface area contributed by atoms with Gasteiger partial charge in [-0.15, -0.1) is 0 Å². The van der Waals surface area contributed by atoms with Gasteiger partial charge in [-0.05, 0) is 37.6 Å². The lowest BCUT2D eigenvalue weighted by Gasteiger charge is -2.35. The van der Waals surface area contributed by atoms with E-state index in [2.05, 4.69) is 57.2 Å². The summed E-state index contributed by atoms with van der Waals surface area (Å²) in [6.07, 6.45) is -0.444. The van der Waals surface area contributed by atoms with Crippen LogP contribution in [0.4, 0.5) is 27.8 Å². The topological polar surface area (TPSA) is 503 Å². The number of aromatic nitrogens is 4. The molecule has 2 saturated heterocycles. The highest BCUT2D eigenvalue weighted by Crippen LogP contribution is 2.63. The van der Waals surface area contributed by atoms with Gasteiger partial charge in [-0.3, -0.25) is 33.8 Å². The molecule has 7 rings (SSSR count). The van der Waals surface area contributed by atoms with Gasteiger partial charge < -0.3 is 94.3 Å². The number of carbonyl (C=O) groups is 8. The van der Waals surface area contributed by atoms with Crippen LogP contribution >= 0.6 is 21.6 Å². The van der Waals surface area contributed by atoms with Gasteiger partial charge in [0.05, 0.1) is 53.4 Å². The van der Waals surface area contributed by atoms with Crippen LogP contribution in [0.15, 0.2) is 41.5 Å². The zero-order valence-electron chi connectivity index (χ0n) is 41.9. The number of rotatable bonds is 27. The number of ether oxygens (including phenoxy) is 2. The van der Waals surface area contributed by atoms with Crippen LogP contribution in [0.5, 0.6) is 11.5 Å². The van der Waals surface area contributed by atoms with Gasteiger partial charge >= 0.3 is 24.0 Å². The molecular weight excluding hydrogens is 1080 g/mol. The first-order chi connectivity index (χ1) is 37.5. The lowest BCUT2D eigenvalue weighted by atomic mass is 9.94. The van der Waals surface area contributed by atoms with Crippen LogP contribution in [0, 0.1) is 6.92 Å². The number of methoxy groups -OCH3 is 1. The summed E-state index contributed by atoms with van der Waals surface area (Å²) >= 11 is 0. The number of aromatic amines is 1. The molecule has 0 aliphatic carbocycles. The number of amides is 5. The fourth-order valence-electron chi connectivity index (χ4n) is 8.81. The summed E-state index contributed by atoms with van der Waals surface area (Å²) < 4.78 is 11.0. The first-order valence-electron chi connectivity index (χ1n) is 23.8. The number of piperazine rings is 1. The molecule has 0 bridgehead atoms. The summed E-state index contributed by atoms with van der Waals surface area (Å²) in [7, 11) is 3.65. The Kier molecular flexibility index (Phi) is 18.2. The number of carbonyl (C=O) groups excluding carboxylic acids is 5. The van der Waals surface area contributed by atoms with Gasteiger partial charge in [0.15, 0.2) is 16.9 Å². The van der Waals surface area contributed by atoms with Crippen LogP contribution in [-0.2, 0) is 44.8 Å². The van der Waals surface area contributed by atoms with E-state index in [9.17, 15) is 68.7 Å². The third-order valence-corrected chi connectivity index (χ3v) is 15.2. The maximum Gasteiger partial charge on any atom is 0.409 e. The first kappa shape index (κ1) is 58.0. The molecule has 4 aromatic rings. The van der Waals surface area contributed by atoms with Crippen LogP contribution in [-0.4, -0.2) is 173 Å². The van der Waals surface area contributed by atoms with Crippen molar-refractivity contribution < 1.29 is 73.4 Å². The summed E-state index contributed by atoms with van der Waals surface area (Å²) in [4.78, 5) is 128. The minimum atomic E-state index is -1.81. The standard InChI is InChI=1S/C46H55N15O16S2/c1-18-31(35(66)30-22(16-77-45(49)75)46(76-2)36-26(55-36)15-61(46)33(30)34(18)65)50-9-10-78-79-17-27(43(73)74)58-40(69)25(11-29(63)64)57-39(68)23(47)14-52-28(62)8-7-24(42(71)72)56-38(67)19-3-5-20(6-4-19)51-12-21-13-53-37-32(54-21)41(70)60-44(48)59-37/h3-6,13,16,23-27,36,50-51,55,65-66H,7-12,14-15,17,47H2,1-2H3,(H2,49,75)(H,52,62)(H,56,67)(H,57,68)(H,58,69)(H,63,64)(H,71,72)(H,73,74)(H3,48,53,59,60,70)/t23-,24-,25-,26+,27-,36+,46-/m1/s1. The number of nitrogen functional groups attached to an aromatic ring is 1. The van der Waals surface area contributed by atoms with Crippen LogP contribution in [0.1, 0.15) is 46.4 Å². The Hall–Kier alpha value is -8.66. The number of nitrogens with one attached hydrogen (secondary N) is 8. The van der Waals surface area contributed by atoms with Gasteiger partial charge in [0.1, 0.15) is 41.9 Å². The van der Waals surface area contributed by atoms with Gasteiger partial charge in [0, 0.05) is 67.5 Å². The number of carboxylic acid groups (broad SMARTS) is 3. The SMILES string of the molecule is CO[C@@]12C(=COC(N)=O)c3c(O)c(NCCSSC[C@@H](NC(=O)[C@@H](CC(=O)O)NC(=O)[C@H](N)CNC(=O)CC[C@@H](NC(=O)c4ccc(NCc5cnc6nc(N)[nH]c(=O)c6n5)cc4)C(=O)O)C(=O)O)c(C)c(O)c3N1C[C@@H]1N[C@@H]12. The van der Waals surface area contributed by atoms with Crippen LogP contribution in [0.3, 0.4) is 0 Å². The average molecular weight is 1140 g/mol. The van der Waals surface area contributed by atoms with Crippen molar-refractivity contribution in [2.75, 3.05) is 59.5 Å². The Bertz CT molecular complexity index is 3170. The maximum atomic E-state index is 13.2. The zero-order chi connectivity index (χ0) is 57.5. The van der Waals surface area contributed by atoms with Gasteiger partial charge in [-0.2, -0.15) is 4.98 Å². The van der Waals surface area contributed by atoms with E-state index in [4.69, 9.17) is 26.7 Å². The monoisotopic (exact) mass is 1140 g/mol. The Morgan fingerprint density at radius 1 is 0.949 bits per heavy atom. The van der Waals surface area contributed by atoms with Gasteiger partial charge in [-0.25, -0.2) is 24.4 Å². The van der Waals surface area contributed by atoms with E-state index >= 15 is 0 Å². The zero-order valence-corrected chi connectivity index (χ0v) is 43.5. The summed E-state index contributed by atoms with van der Waals surface area (Å²) in [5.41, 5.74) is 17.2. The Labute approximate surface area is 454 Å². The number of benzene rings is 2. The largest absolute Gasteiger partial charge is 0.505 e. The smallest absolute Gasteiger partial charge is 0.409 e. The van der Waals surface area contributed by atoms with Crippen molar-refractivity contribution in [3.8, 4) is 11.5 Å². The number of primary amides is 1. The van der Waals surface area contributed by atoms with E-state index in [0.29, 0.717) is 23.5 Å². The number of hydrogen-bond donors (Lipinski definition) is 16. The van der Waals surface area contributed by atoms with E-state index in [1.165, 1.54) is 48.4 Å². The highest BCUT2D eigenvalue weighted by atomic mass is 33.1. The Balaban J connectivity index is 0.835. The van der Waals surface area contributed by atoms with E-state index in [0.717, 1.165) is 17.1 Å². The van der Waals surface area contributed by atoms with Gasteiger partial charge in [0.25, 0.3) is 11.5 Å². The number of nitrogens with zero attached hydrogens (tertiary/aromatic N) is 4. The normalized spacial score (nSPS) is 18.7. The maximum absolute atomic E-state index is 13.2. The van der Waals surface area contributed by atoms with E-state index in [1.54, 1.807) is 11.8 Å². The minimum Gasteiger partial charge on any atom is -0.505 e. The Morgan fingerprint density at radius 2 is 1.66 bits per heavy atom. The van der Waals surface area contributed by atoms with E-state index in [-0.39, 0.29) is 99.8 Å². The molecule has 31 nitrogen and oxygen atoms in total. The molecule has 3 aliphatic rings. The molecule has 7 atom stereocenters. The highest BCUT2D eigenvalue weighted by Gasteiger charge is 2.70. The van der Waals surface area contributed by atoms with E-state index < -0.39 is 102 Å². The van der Waals surface area contributed by atoms with Crippen molar-refractivity contribution in [2.45, 2.75) is 74.7 Å². The van der Waals surface area contributed by atoms with E-state index in [1.807, 2.05) is 0 Å². The van der Waals surface area contributed by atoms with Crippen molar-refractivity contribution >= 4 is 109 Å². The molecule has 19 N–H and O–H groups in total. The molecule has 0 spiro atoms.